The Kier molecular flexibility index (Phi) is 5.98. The van der Waals surface area contributed by atoms with E-state index in [-0.39, 0.29) is 23.9 Å². The fraction of sp³-hybridized carbons (Fsp3) is 0.375. The fourth-order valence-electron chi connectivity index (χ4n) is 1.58. The second-order valence-corrected chi connectivity index (χ2v) is 5.41. The van der Waals surface area contributed by atoms with Crippen molar-refractivity contribution in [3.05, 3.63) is 36.6 Å². The number of carbonyl (C=O) groups is 2. The molecule has 1 amide bonds. The predicted molar refractivity (Wildman–Crippen MR) is 85.9 cm³/mol. The van der Waals surface area contributed by atoms with Crippen molar-refractivity contribution in [2.75, 3.05) is 17.4 Å². The van der Waals surface area contributed by atoms with Gasteiger partial charge in [-0.25, -0.2) is 4.79 Å². The van der Waals surface area contributed by atoms with Gasteiger partial charge in [0.1, 0.15) is 0 Å². The largest absolute Gasteiger partial charge is 0.482 e. The number of hydrogen-bond donors (Lipinski definition) is 3. The van der Waals surface area contributed by atoms with Gasteiger partial charge in [0.2, 0.25) is 5.91 Å². The molecule has 0 saturated carbocycles. The molecule has 6 nitrogen and oxygen atoms in total. The highest BCUT2D eigenvalue weighted by molar-refractivity contribution is 6.02. The van der Waals surface area contributed by atoms with Crippen molar-refractivity contribution >= 4 is 23.3 Å². The lowest BCUT2D eigenvalue weighted by atomic mass is 9.89. The molecule has 0 aromatic heterocycles. The number of hydrogen-bond acceptors (Lipinski definition) is 4. The van der Waals surface area contributed by atoms with Crippen LogP contribution in [-0.2, 0) is 9.53 Å². The summed E-state index contributed by atoms with van der Waals surface area (Å²) in [5, 5.41) is 14.9. The third-order valence-corrected chi connectivity index (χ3v) is 3.47. The van der Waals surface area contributed by atoms with E-state index in [2.05, 4.69) is 17.2 Å². The first-order valence-electron chi connectivity index (χ1n) is 6.97. The van der Waals surface area contributed by atoms with Crippen LogP contribution in [0.1, 0.15) is 37.6 Å². The fourth-order valence-corrected chi connectivity index (χ4v) is 1.58. The Hall–Kier alpha value is -2.50. The molecule has 6 heteroatoms. The highest BCUT2D eigenvalue weighted by Crippen LogP contribution is 2.25. The van der Waals surface area contributed by atoms with E-state index < -0.39 is 11.4 Å². The van der Waals surface area contributed by atoms with Gasteiger partial charge < -0.3 is 20.5 Å². The van der Waals surface area contributed by atoms with Crippen LogP contribution in [0.4, 0.5) is 11.4 Å². The van der Waals surface area contributed by atoms with Gasteiger partial charge in [-0.05, 0) is 24.6 Å². The molecule has 0 radical (unpaired) electrons. The van der Waals surface area contributed by atoms with Crippen LogP contribution in [0.3, 0.4) is 0 Å². The number of rotatable bonds is 8. The van der Waals surface area contributed by atoms with E-state index in [0.29, 0.717) is 12.1 Å². The lowest BCUT2D eigenvalue weighted by Crippen LogP contribution is -2.30. The van der Waals surface area contributed by atoms with Crippen molar-refractivity contribution in [2.45, 2.75) is 27.2 Å². The molecule has 22 heavy (non-hydrogen) atoms. The Labute approximate surface area is 130 Å². The van der Waals surface area contributed by atoms with E-state index in [1.165, 1.54) is 12.3 Å². The minimum absolute atomic E-state index is 0.0175. The normalized spacial score (nSPS) is 10.7. The van der Waals surface area contributed by atoms with E-state index in [1.54, 1.807) is 12.1 Å². The minimum atomic E-state index is -1.11. The molecule has 0 atom stereocenters. The molecule has 1 aromatic rings. The molecular formula is C16H22N2O4. The molecule has 120 valence electrons. The van der Waals surface area contributed by atoms with Gasteiger partial charge in [0.15, 0.2) is 6.73 Å². The molecule has 1 rings (SSSR count). The summed E-state index contributed by atoms with van der Waals surface area (Å²) in [6.07, 6.45) is 1.94. The van der Waals surface area contributed by atoms with Crippen molar-refractivity contribution in [2.24, 2.45) is 5.41 Å². The SMILES string of the molecule is C=COCNc1ccc(NC(=O)C(C)(C)CC)c(C(=O)O)c1. The third-order valence-electron chi connectivity index (χ3n) is 3.47. The number of nitrogens with one attached hydrogen (secondary N) is 2. The number of carboxylic acids is 1. The van der Waals surface area contributed by atoms with Crippen LogP contribution in [0.25, 0.3) is 0 Å². The molecule has 0 heterocycles. The average Bonchev–Trinajstić information content (AvgIpc) is 2.48. The van der Waals surface area contributed by atoms with Gasteiger partial charge in [-0.3, -0.25) is 4.79 Å². The standard InChI is InChI=1S/C16H22N2O4/c1-5-16(3,4)15(21)18-13-8-7-11(17-10-22-6-2)9-12(13)14(19)20/h6-9,17H,2,5,10H2,1,3-4H3,(H,18,21)(H,19,20). The zero-order valence-electron chi connectivity index (χ0n) is 13.1. The number of ether oxygens (including phenoxy) is 1. The number of aromatic carboxylic acids is 1. The first kappa shape index (κ1) is 17.6. The minimum Gasteiger partial charge on any atom is -0.482 e. The molecular weight excluding hydrogens is 284 g/mol. The summed E-state index contributed by atoms with van der Waals surface area (Å²) in [5.41, 5.74) is 0.301. The highest BCUT2D eigenvalue weighted by atomic mass is 16.5. The molecule has 0 fully saturated rings. The van der Waals surface area contributed by atoms with Gasteiger partial charge in [-0.1, -0.05) is 27.4 Å². The second kappa shape index (κ2) is 7.49. The molecule has 0 aliphatic heterocycles. The average molecular weight is 306 g/mol. The van der Waals surface area contributed by atoms with E-state index in [1.807, 2.05) is 20.8 Å². The molecule has 0 saturated heterocycles. The van der Waals surface area contributed by atoms with Crippen LogP contribution in [0, 0.1) is 5.41 Å². The van der Waals surface area contributed by atoms with E-state index >= 15 is 0 Å². The molecule has 1 aromatic carbocycles. The van der Waals surface area contributed by atoms with Crippen LogP contribution in [0.15, 0.2) is 31.0 Å². The zero-order valence-corrected chi connectivity index (χ0v) is 13.1. The Balaban J connectivity index is 2.98. The summed E-state index contributed by atoms with van der Waals surface area (Å²) in [5.74, 6) is -1.33. The maximum Gasteiger partial charge on any atom is 0.337 e. The molecule has 0 aliphatic carbocycles. The smallest absolute Gasteiger partial charge is 0.337 e. The lowest BCUT2D eigenvalue weighted by molar-refractivity contribution is -0.124. The van der Waals surface area contributed by atoms with Gasteiger partial charge in [-0.2, -0.15) is 0 Å². The highest BCUT2D eigenvalue weighted by Gasteiger charge is 2.26. The maximum atomic E-state index is 12.2. The van der Waals surface area contributed by atoms with Crippen LogP contribution >= 0.6 is 0 Å². The van der Waals surface area contributed by atoms with Crippen molar-refractivity contribution in [3.63, 3.8) is 0 Å². The van der Waals surface area contributed by atoms with Gasteiger partial charge in [0.05, 0.1) is 17.5 Å². The Morgan fingerprint density at radius 3 is 2.64 bits per heavy atom. The Morgan fingerprint density at radius 1 is 1.41 bits per heavy atom. The van der Waals surface area contributed by atoms with Gasteiger partial charge in [0.25, 0.3) is 0 Å². The van der Waals surface area contributed by atoms with E-state index in [0.717, 1.165) is 0 Å². The number of benzene rings is 1. The van der Waals surface area contributed by atoms with Crippen LogP contribution in [0.5, 0.6) is 0 Å². The second-order valence-electron chi connectivity index (χ2n) is 5.41. The first-order valence-corrected chi connectivity index (χ1v) is 6.97. The van der Waals surface area contributed by atoms with Crippen molar-refractivity contribution in [1.29, 1.82) is 0 Å². The predicted octanol–water partition coefficient (Wildman–Crippen LogP) is 3.29. The topological polar surface area (TPSA) is 87.7 Å². The number of anilines is 2. The molecule has 0 unspecified atom stereocenters. The van der Waals surface area contributed by atoms with Crippen molar-refractivity contribution in [3.8, 4) is 0 Å². The quantitative estimate of drug-likeness (QED) is 0.390. The molecule has 0 spiro atoms. The number of carboxylic acid groups (broad SMARTS) is 1. The number of carbonyl (C=O) groups excluding carboxylic acids is 1. The maximum absolute atomic E-state index is 12.2. The van der Waals surface area contributed by atoms with E-state index in [9.17, 15) is 14.7 Å². The third kappa shape index (κ3) is 4.51. The molecule has 0 bridgehead atoms. The van der Waals surface area contributed by atoms with Crippen molar-refractivity contribution < 1.29 is 19.4 Å². The summed E-state index contributed by atoms with van der Waals surface area (Å²) in [4.78, 5) is 23.6. The summed E-state index contributed by atoms with van der Waals surface area (Å²) < 4.78 is 4.93. The van der Waals surface area contributed by atoms with Crippen LogP contribution < -0.4 is 10.6 Å². The van der Waals surface area contributed by atoms with Gasteiger partial charge in [-0.15, -0.1) is 0 Å². The van der Waals surface area contributed by atoms with Crippen molar-refractivity contribution in [1.82, 2.24) is 0 Å². The van der Waals surface area contributed by atoms with Gasteiger partial charge in [0, 0.05) is 11.1 Å². The Morgan fingerprint density at radius 2 is 2.09 bits per heavy atom. The molecule has 0 aliphatic rings. The number of amides is 1. The molecule has 3 N–H and O–H groups in total. The summed E-state index contributed by atoms with van der Waals surface area (Å²) in [6.45, 7) is 9.12. The van der Waals surface area contributed by atoms with Crippen LogP contribution in [-0.4, -0.2) is 23.7 Å². The first-order chi connectivity index (χ1) is 10.3. The van der Waals surface area contributed by atoms with E-state index in [4.69, 9.17) is 4.74 Å². The summed E-state index contributed by atoms with van der Waals surface area (Å²) in [7, 11) is 0. The summed E-state index contributed by atoms with van der Waals surface area (Å²) >= 11 is 0. The summed E-state index contributed by atoms with van der Waals surface area (Å²) in [6, 6.07) is 4.68. The Bertz CT molecular complexity index is 567. The monoisotopic (exact) mass is 306 g/mol. The lowest BCUT2D eigenvalue weighted by Gasteiger charge is -2.22. The zero-order chi connectivity index (χ0) is 16.8. The van der Waals surface area contributed by atoms with Gasteiger partial charge >= 0.3 is 5.97 Å². The van der Waals surface area contributed by atoms with Crippen LogP contribution in [0.2, 0.25) is 0 Å².